The van der Waals surface area contributed by atoms with Gasteiger partial charge in [-0.3, -0.25) is 4.79 Å². The molecule has 130 valence electrons. The summed E-state index contributed by atoms with van der Waals surface area (Å²) < 4.78 is 41.9. The average Bonchev–Trinajstić information content (AvgIpc) is 2.94. The first-order valence-electron chi connectivity index (χ1n) is 6.97. The quantitative estimate of drug-likeness (QED) is 0.751. The average molecular weight is 344 g/mol. The molecule has 9 heteroatoms. The molecule has 1 unspecified atom stereocenters. The number of aliphatic carboxylic acids is 1. The van der Waals surface area contributed by atoms with Crippen LogP contribution in [0.25, 0.3) is 10.9 Å². The second-order valence-electron chi connectivity index (χ2n) is 5.12. The van der Waals surface area contributed by atoms with Gasteiger partial charge >= 0.3 is 12.1 Å². The summed E-state index contributed by atoms with van der Waals surface area (Å²) in [6.45, 7) is 0. The minimum absolute atomic E-state index is 0.0350. The van der Waals surface area contributed by atoms with Gasteiger partial charge in [0.15, 0.2) is 0 Å². The van der Waals surface area contributed by atoms with Crippen LogP contribution in [0, 0.1) is 0 Å². The summed E-state index contributed by atoms with van der Waals surface area (Å²) >= 11 is 0. The Balaban J connectivity index is 2.16. The fourth-order valence-electron chi connectivity index (χ4n) is 2.23. The highest BCUT2D eigenvalue weighted by Gasteiger charge is 2.31. The van der Waals surface area contributed by atoms with Crippen LogP contribution < -0.4 is 10.1 Å². The third kappa shape index (κ3) is 4.18. The van der Waals surface area contributed by atoms with Crippen molar-refractivity contribution in [1.29, 1.82) is 0 Å². The molecule has 1 aromatic carbocycles. The van der Waals surface area contributed by atoms with Crippen molar-refractivity contribution in [2.75, 3.05) is 7.11 Å². The van der Waals surface area contributed by atoms with Gasteiger partial charge < -0.3 is 20.1 Å². The number of H-pyrrole nitrogens is 1. The van der Waals surface area contributed by atoms with E-state index in [1.165, 1.54) is 13.2 Å². The molecule has 0 saturated heterocycles. The fourth-order valence-corrected chi connectivity index (χ4v) is 2.23. The lowest BCUT2D eigenvalue weighted by molar-refractivity contribution is -0.145. The van der Waals surface area contributed by atoms with E-state index in [1.54, 1.807) is 18.2 Å². The zero-order valence-corrected chi connectivity index (χ0v) is 12.6. The molecule has 0 aliphatic heterocycles. The number of carbonyl (C=O) groups is 2. The Morgan fingerprint density at radius 3 is 2.67 bits per heavy atom. The van der Waals surface area contributed by atoms with Gasteiger partial charge in [0.2, 0.25) is 0 Å². The lowest BCUT2D eigenvalue weighted by Crippen LogP contribution is -2.41. The van der Waals surface area contributed by atoms with Gasteiger partial charge in [-0.05, 0) is 24.6 Å². The number of aromatic amines is 1. The molecular weight excluding hydrogens is 329 g/mol. The summed E-state index contributed by atoms with van der Waals surface area (Å²) in [4.78, 5) is 25.9. The third-order valence-electron chi connectivity index (χ3n) is 3.41. The first-order valence-corrected chi connectivity index (χ1v) is 6.97. The van der Waals surface area contributed by atoms with Crippen molar-refractivity contribution in [1.82, 2.24) is 10.3 Å². The maximum atomic E-state index is 12.2. The molecule has 24 heavy (non-hydrogen) atoms. The van der Waals surface area contributed by atoms with Crippen LogP contribution in [0.4, 0.5) is 13.2 Å². The van der Waals surface area contributed by atoms with Crippen LogP contribution in [0.2, 0.25) is 0 Å². The van der Waals surface area contributed by atoms with E-state index < -0.39 is 36.9 Å². The van der Waals surface area contributed by atoms with Crippen LogP contribution in [-0.2, 0) is 4.79 Å². The molecular formula is C15H15F3N2O4. The van der Waals surface area contributed by atoms with Gasteiger partial charge in [-0.15, -0.1) is 0 Å². The number of hydrogen-bond donors (Lipinski definition) is 3. The second kappa shape index (κ2) is 6.81. The van der Waals surface area contributed by atoms with Crippen LogP contribution in [0.5, 0.6) is 5.75 Å². The van der Waals surface area contributed by atoms with Crippen molar-refractivity contribution in [3.8, 4) is 5.75 Å². The SMILES string of the molecule is COc1cccc2[nH]c(C(=O)NC(CCC(F)(F)F)C(=O)O)cc12. The zero-order chi connectivity index (χ0) is 17.9. The second-order valence-corrected chi connectivity index (χ2v) is 5.12. The van der Waals surface area contributed by atoms with Crippen molar-refractivity contribution >= 4 is 22.8 Å². The standard InChI is InChI=1S/C15H15F3N2O4/c1-24-12-4-2-3-9-8(12)7-11(19-9)13(21)20-10(14(22)23)5-6-15(16,17)18/h2-4,7,10,19H,5-6H2,1H3,(H,20,21)(H,22,23). The van der Waals surface area contributed by atoms with Gasteiger partial charge in [0.05, 0.1) is 7.11 Å². The van der Waals surface area contributed by atoms with E-state index in [1.807, 2.05) is 0 Å². The molecule has 1 amide bonds. The molecule has 1 heterocycles. The number of amides is 1. The van der Waals surface area contributed by atoms with E-state index in [0.29, 0.717) is 16.7 Å². The van der Waals surface area contributed by atoms with Crippen molar-refractivity contribution in [2.24, 2.45) is 0 Å². The number of methoxy groups -OCH3 is 1. The Labute approximate surface area is 134 Å². The molecule has 0 radical (unpaired) electrons. The van der Waals surface area contributed by atoms with Gasteiger partial charge in [0.25, 0.3) is 5.91 Å². The number of carboxylic acid groups (broad SMARTS) is 1. The minimum Gasteiger partial charge on any atom is -0.496 e. The number of alkyl halides is 3. The summed E-state index contributed by atoms with van der Waals surface area (Å²) in [5.41, 5.74) is 0.620. The lowest BCUT2D eigenvalue weighted by atomic mass is 10.1. The van der Waals surface area contributed by atoms with Crippen molar-refractivity contribution < 1.29 is 32.6 Å². The lowest BCUT2D eigenvalue weighted by Gasteiger charge is -2.15. The minimum atomic E-state index is -4.49. The summed E-state index contributed by atoms with van der Waals surface area (Å²) in [6, 6.07) is 4.88. The van der Waals surface area contributed by atoms with Crippen LogP contribution in [0.15, 0.2) is 24.3 Å². The van der Waals surface area contributed by atoms with Gasteiger partial charge in [0.1, 0.15) is 17.5 Å². The van der Waals surface area contributed by atoms with E-state index in [-0.39, 0.29) is 5.69 Å². The van der Waals surface area contributed by atoms with E-state index in [0.717, 1.165) is 0 Å². The highest BCUT2D eigenvalue weighted by atomic mass is 19.4. The number of halogens is 3. The molecule has 0 aliphatic rings. The molecule has 2 rings (SSSR count). The van der Waals surface area contributed by atoms with Crippen molar-refractivity contribution in [3.05, 3.63) is 30.0 Å². The number of ether oxygens (including phenoxy) is 1. The van der Waals surface area contributed by atoms with E-state index in [9.17, 15) is 22.8 Å². The summed E-state index contributed by atoms with van der Waals surface area (Å²) in [7, 11) is 1.46. The Bertz CT molecular complexity index is 755. The predicted molar refractivity (Wildman–Crippen MR) is 79.0 cm³/mol. The normalized spacial score (nSPS) is 12.8. The van der Waals surface area contributed by atoms with Crippen molar-refractivity contribution in [2.45, 2.75) is 25.1 Å². The predicted octanol–water partition coefficient (Wildman–Crippen LogP) is 2.70. The maximum Gasteiger partial charge on any atom is 0.389 e. The first-order chi connectivity index (χ1) is 11.2. The van der Waals surface area contributed by atoms with Crippen LogP contribution in [0.1, 0.15) is 23.3 Å². The first kappa shape index (κ1) is 17.6. The van der Waals surface area contributed by atoms with Crippen LogP contribution in [-0.4, -0.2) is 41.3 Å². The molecule has 0 saturated carbocycles. The van der Waals surface area contributed by atoms with Crippen LogP contribution in [0.3, 0.4) is 0 Å². The summed E-state index contributed by atoms with van der Waals surface area (Å²) in [5.74, 6) is -1.82. The number of benzene rings is 1. The molecule has 2 aromatic rings. The topological polar surface area (TPSA) is 91.4 Å². The third-order valence-corrected chi connectivity index (χ3v) is 3.41. The molecule has 3 N–H and O–H groups in total. The van der Waals surface area contributed by atoms with E-state index >= 15 is 0 Å². The molecule has 0 fully saturated rings. The molecule has 1 atom stereocenters. The Hall–Kier alpha value is -2.71. The van der Waals surface area contributed by atoms with Gasteiger partial charge in [-0.2, -0.15) is 13.2 Å². The molecule has 0 bridgehead atoms. The van der Waals surface area contributed by atoms with Crippen molar-refractivity contribution in [3.63, 3.8) is 0 Å². The number of aromatic nitrogens is 1. The Kier molecular flexibility index (Phi) is 5.01. The summed E-state index contributed by atoms with van der Waals surface area (Å²) in [6.07, 6.45) is -6.54. The van der Waals surface area contributed by atoms with Gasteiger partial charge in [-0.25, -0.2) is 4.79 Å². The monoisotopic (exact) mass is 344 g/mol. The summed E-state index contributed by atoms with van der Waals surface area (Å²) in [5, 5.41) is 11.7. The highest BCUT2D eigenvalue weighted by molar-refractivity contribution is 6.00. The number of hydrogen-bond acceptors (Lipinski definition) is 3. The molecule has 0 spiro atoms. The maximum absolute atomic E-state index is 12.2. The molecule has 6 nitrogen and oxygen atoms in total. The number of rotatable bonds is 6. The number of nitrogens with one attached hydrogen (secondary N) is 2. The van der Waals surface area contributed by atoms with Gasteiger partial charge in [-0.1, -0.05) is 6.07 Å². The van der Waals surface area contributed by atoms with Crippen LogP contribution >= 0.6 is 0 Å². The smallest absolute Gasteiger partial charge is 0.389 e. The largest absolute Gasteiger partial charge is 0.496 e. The Morgan fingerprint density at radius 1 is 1.38 bits per heavy atom. The number of carboxylic acids is 1. The zero-order valence-electron chi connectivity index (χ0n) is 12.6. The highest BCUT2D eigenvalue weighted by Crippen LogP contribution is 2.26. The Morgan fingerprint density at radius 2 is 2.08 bits per heavy atom. The van der Waals surface area contributed by atoms with Gasteiger partial charge in [0, 0.05) is 17.3 Å². The fraction of sp³-hybridized carbons (Fsp3) is 0.333. The van der Waals surface area contributed by atoms with E-state index in [2.05, 4.69) is 10.3 Å². The number of carbonyl (C=O) groups excluding carboxylic acids is 1. The van der Waals surface area contributed by atoms with E-state index in [4.69, 9.17) is 9.84 Å². The molecule has 1 aromatic heterocycles. The molecule has 0 aliphatic carbocycles. The number of fused-ring (bicyclic) bond motifs is 1.